The molecule has 130 valence electrons. The second-order valence-electron chi connectivity index (χ2n) is 6.09. The summed E-state index contributed by atoms with van der Waals surface area (Å²) in [6.45, 7) is 2.24. The summed E-state index contributed by atoms with van der Waals surface area (Å²) in [6.07, 6.45) is 16.3. The molecule has 3 N–H and O–H groups in total. The van der Waals surface area contributed by atoms with Crippen molar-refractivity contribution >= 4 is 5.97 Å². The van der Waals surface area contributed by atoms with E-state index < -0.39 is 17.5 Å². The maximum absolute atomic E-state index is 10.4. The Morgan fingerprint density at radius 3 is 1.36 bits per heavy atom. The van der Waals surface area contributed by atoms with Gasteiger partial charge in [0.2, 0.25) is 5.76 Å². The van der Waals surface area contributed by atoms with Crippen LogP contribution in [-0.2, 0) is 4.79 Å². The maximum Gasteiger partial charge on any atom is 0.374 e. The van der Waals surface area contributed by atoms with Crippen LogP contribution in [0.15, 0.2) is 11.5 Å². The van der Waals surface area contributed by atoms with E-state index >= 15 is 0 Å². The van der Waals surface area contributed by atoms with Crippen LogP contribution in [0.1, 0.15) is 96.8 Å². The van der Waals surface area contributed by atoms with Gasteiger partial charge in [-0.1, -0.05) is 84.0 Å². The van der Waals surface area contributed by atoms with Crippen LogP contribution < -0.4 is 0 Å². The monoisotopic (exact) mass is 314 g/mol. The van der Waals surface area contributed by atoms with Crippen LogP contribution in [0.4, 0.5) is 0 Å². The summed E-state index contributed by atoms with van der Waals surface area (Å²) in [5.41, 5.74) is 0. The first-order valence-electron chi connectivity index (χ1n) is 8.94. The van der Waals surface area contributed by atoms with Gasteiger partial charge in [-0.25, -0.2) is 4.79 Å². The van der Waals surface area contributed by atoms with Crippen molar-refractivity contribution in [2.75, 3.05) is 0 Å². The zero-order valence-electron chi connectivity index (χ0n) is 14.1. The molecule has 0 amide bonds. The van der Waals surface area contributed by atoms with Crippen molar-refractivity contribution in [2.24, 2.45) is 0 Å². The number of hydrogen-bond acceptors (Lipinski definition) is 3. The molecular weight excluding hydrogens is 280 g/mol. The fourth-order valence-corrected chi connectivity index (χ4v) is 2.55. The third-order valence-electron chi connectivity index (χ3n) is 3.99. The summed E-state index contributed by atoms with van der Waals surface area (Å²) in [7, 11) is 0. The Morgan fingerprint density at radius 1 is 0.636 bits per heavy atom. The van der Waals surface area contributed by atoms with Crippen LogP contribution in [0.5, 0.6) is 0 Å². The Bertz CT molecular complexity index is 310. The number of unbranched alkanes of at least 4 members (excludes halogenated alkanes) is 12. The molecule has 0 aliphatic carbocycles. The summed E-state index contributed by atoms with van der Waals surface area (Å²) in [4.78, 5) is 10.4. The van der Waals surface area contributed by atoms with E-state index in [9.17, 15) is 9.90 Å². The van der Waals surface area contributed by atoms with E-state index in [2.05, 4.69) is 6.92 Å². The molecule has 0 aromatic heterocycles. The summed E-state index contributed by atoms with van der Waals surface area (Å²) in [5.74, 6) is -2.79. The second-order valence-corrected chi connectivity index (χ2v) is 6.09. The molecule has 0 radical (unpaired) electrons. The van der Waals surface area contributed by atoms with Gasteiger partial charge in [-0.2, -0.15) is 0 Å². The van der Waals surface area contributed by atoms with Crippen LogP contribution >= 0.6 is 0 Å². The standard InChI is InChI=1S/C18H34O4/c1-2-3-4-5-6-7-8-9-10-11-12-13-14-15-16(19)17(20)18(21)22/h19-20H,2-15H2,1H3,(H,21,22). The normalized spacial score (nSPS) is 12.2. The molecule has 0 unspecified atom stereocenters. The van der Waals surface area contributed by atoms with Gasteiger partial charge in [0, 0.05) is 6.42 Å². The largest absolute Gasteiger partial charge is 0.508 e. The molecule has 0 saturated heterocycles. The number of aliphatic hydroxyl groups is 2. The Hall–Kier alpha value is -1.19. The lowest BCUT2D eigenvalue weighted by molar-refractivity contribution is -0.135. The van der Waals surface area contributed by atoms with E-state index in [4.69, 9.17) is 10.2 Å². The lowest BCUT2D eigenvalue weighted by Gasteiger charge is -2.03. The minimum absolute atomic E-state index is 0.246. The molecule has 4 heteroatoms. The number of hydrogen-bond donors (Lipinski definition) is 3. The molecular formula is C18H34O4. The quantitative estimate of drug-likeness (QED) is 0.200. The van der Waals surface area contributed by atoms with Crippen molar-refractivity contribution in [1.29, 1.82) is 0 Å². The molecule has 0 atom stereocenters. The molecule has 0 saturated carbocycles. The van der Waals surface area contributed by atoms with Crippen LogP contribution in [0, 0.1) is 0 Å². The SMILES string of the molecule is CCCCCCCCCCCCCCCC(O)=C(O)C(=O)O. The molecule has 0 aromatic rings. The van der Waals surface area contributed by atoms with Gasteiger partial charge in [-0.15, -0.1) is 0 Å². The zero-order valence-corrected chi connectivity index (χ0v) is 14.1. The topological polar surface area (TPSA) is 77.8 Å². The predicted molar refractivity (Wildman–Crippen MR) is 90.2 cm³/mol. The molecule has 0 spiro atoms. The first kappa shape index (κ1) is 20.8. The first-order chi connectivity index (χ1) is 10.6. The van der Waals surface area contributed by atoms with Crippen molar-refractivity contribution in [3.05, 3.63) is 11.5 Å². The first-order valence-corrected chi connectivity index (χ1v) is 8.94. The molecule has 0 heterocycles. The Kier molecular flexibility index (Phi) is 13.9. The second kappa shape index (κ2) is 14.7. The number of carboxylic acids is 1. The van der Waals surface area contributed by atoms with Crippen molar-refractivity contribution in [3.8, 4) is 0 Å². The molecule has 0 bridgehead atoms. The lowest BCUT2D eigenvalue weighted by atomic mass is 10.0. The molecule has 0 rings (SSSR count). The minimum atomic E-state index is -1.47. The van der Waals surface area contributed by atoms with Gasteiger partial charge < -0.3 is 15.3 Å². The van der Waals surface area contributed by atoms with Gasteiger partial charge in [0.05, 0.1) is 0 Å². The molecule has 0 fully saturated rings. The predicted octanol–water partition coefficient (Wildman–Crippen LogP) is 5.88. The molecule has 22 heavy (non-hydrogen) atoms. The number of allylic oxidation sites excluding steroid dienone is 1. The van der Waals surface area contributed by atoms with Gasteiger partial charge in [0.15, 0.2) is 0 Å². The summed E-state index contributed by atoms with van der Waals surface area (Å²) < 4.78 is 0. The zero-order chi connectivity index (χ0) is 16.6. The van der Waals surface area contributed by atoms with Crippen LogP contribution in [0.3, 0.4) is 0 Å². The highest BCUT2D eigenvalue weighted by atomic mass is 16.4. The maximum atomic E-state index is 10.4. The molecule has 4 nitrogen and oxygen atoms in total. The van der Waals surface area contributed by atoms with E-state index in [0.717, 1.165) is 19.3 Å². The number of carbonyl (C=O) groups is 1. The van der Waals surface area contributed by atoms with Gasteiger partial charge in [0.25, 0.3) is 0 Å². The highest BCUT2D eigenvalue weighted by Crippen LogP contribution is 2.14. The third kappa shape index (κ3) is 12.5. The summed E-state index contributed by atoms with van der Waals surface area (Å²) in [5, 5.41) is 26.8. The Balaban J connectivity index is 3.27. The molecule has 0 aliphatic heterocycles. The Morgan fingerprint density at radius 2 is 1.00 bits per heavy atom. The lowest BCUT2D eigenvalue weighted by Crippen LogP contribution is -2.03. The van der Waals surface area contributed by atoms with E-state index in [1.54, 1.807) is 0 Å². The Labute approximate surface area is 135 Å². The highest BCUT2D eigenvalue weighted by Gasteiger charge is 2.10. The smallest absolute Gasteiger partial charge is 0.374 e. The third-order valence-corrected chi connectivity index (χ3v) is 3.99. The average molecular weight is 314 g/mol. The van der Waals surface area contributed by atoms with Crippen molar-refractivity contribution in [2.45, 2.75) is 96.8 Å². The average Bonchev–Trinajstić information content (AvgIpc) is 2.50. The summed E-state index contributed by atoms with van der Waals surface area (Å²) >= 11 is 0. The van der Waals surface area contributed by atoms with E-state index in [1.165, 1.54) is 64.2 Å². The number of rotatable bonds is 15. The fraction of sp³-hybridized carbons (Fsp3) is 0.833. The fourth-order valence-electron chi connectivity index (χ4n) is 2.55. The van der Waals surface area contributed by atoms with Gasteiger partial charge >= 0.3 is 5.97 Å². The van der Waals surface area contributed by atoms with E-state index in [-0.39, 0.29) is 6.42 Å². The number of aliphatic hydroxyl groups excluding tert-OH is 2. The van der Waals surface area contributed by atoms with Gasteiger partial charge in [-0.3, -0.25) is 0 Å². The minimum Gasteiger partial charge on any atom is -0.508 e. The molecule has 0 aromatic carbocycles. The molecule has 0 aliphatic rings. The van der Waals surface area contributed by atoms with Crippen molar-refractivity contribution < 1.29 is 20.1 Å². The number of aliphatic carboxylic acids is 1. The number of carboxylic acid groups (broad SMARTS) is 1. The van der Waals surface area contributed by atoms with Crippen LogP contribution in [-0.4, -0.2) is 21.3 Å². The van der Waals surface area contributed by atoms with Crippen LogP contribution in [0.2, 0.25) is 0 Å². The van der Waals surface area contributed by atoms with Gasteiger partial charge in [0.1, 0.15) is 5.76 Å². The summed E-state index contributed by atoms with van der Waals surface area (Å²) in [6, 6.07) is 0. The van der Waals surface area contributed by atoms with E-state index in [0.29, 0.717) is 0 Å². The van der Waals surface area contributed by atoms with Crippen molar-refractivity contribution in [3.63, 3.8) is 0 Å². The van der Waals surface area contributed by atoms with Crippen LogP contribution in [0.25, 0.3) is 0 Å². The highest BCUT2D eigenvalue weighted by molar-refractivity contribution is 5.84. The van der Waals surface area contributed by atoms with Crippen molar-refractivity contribution in [1.82, 2.24) is 0 Å². The van der Waals surface area contributed by atoms with E-state index in [1.807, 2.05) is 0 Å². The van der Waals surface area contributed by atoms with Gasteiger partial charge in [-0.05, 0) is 6.42 Å².